The Balaban J connectivity index is 1.80. The van der Waals surface area contributed by atoms with Crippen molar-refractivity contribution >= 4 is 23.2 Å². The average molecular weight is 399 g/mol. The van der Waals surface area contributed by atoms with Crippen molar-refractivity contribution in [2.75, 3.05) is 19.0 Å². The third-order valence-corrected chi connectivity index (χ3v) is 4.34. The third-order valence-electron chi connectivity index (χ3n) is 4.34. The van der Waals surface area contributed by atoms with E-state index in [1.54, 1.807) is 31.2 Å². The van der Waals surface area contributed by atoms with Gasteiger partial charge in [0, 0.05) is 23.4 Å². The molecule has 0 spiro atoms. The molecule has 0 atom stereocenters. The first-order chi connectivity index (χ1) is 13.9. The summed E-state index contributed by atoms with van der Waals surface area (Å²) in [5, 5.41) is 16.9. The van der Waals surface area contributed by atoms with Crippen LogP contribution in [0.2, 0.25) is 0 Å². The molecule has 9 nitrogen and oxygen atoms in total. The van der Waals surface area contributed by atoms with Gasteiger partial charge in [-0.3, -0.25) is 19.7 Å². The van der Waals surface area contributed by atoms with Gasteiger partial charge < -0.3 is 20.1 Å². The van der Waals surface area contributed by atoms with Crippen LogP contribution >= 0.6 is 0 Å². The number of nitrogens with zero attached hydrogens (tertiary/aromatic N) is 1. The van der Waals surface area contributed by atoms with Gasteiger partial charge in [-0.1, -0.05) is 0 Å². The highest BCUT2D eigenvalue weighted by molar-refractivity contribution is 6.07. The molecule has 0 saturated heterocycles. The lowest BCUT2D eigenvalue weighted by atomic mass is 10.1. The summed E-state index contributed by atoms with van der Waals surface area (Å²) in [5.41, 5.74) is 0.321. The van der Waals surface area contributed by atoms with Gasteiger partial charge in [0.05, 0.1) is 24.7 Å². The SMILES string of the molecule is CCOc1cc([N+](=O)[O-])c(C(=O)Nc2ccc(C(=O)NC3CC3)cc2)cc1OC. The highest BCUT2D eigenvalue weighted by atomic mass is 16.6. The van der Waals surface area contributed by atoms with Gasteiger partial charge in [-0.2, -0.15) is 0 Å². The van der Waals surface area contributed by atoms with Crippen molar-refractivity contribution in [1.82, 2.24) is 5.32 Å². The van der Waals surface area contributed by atoms with Crippen LogP contribution in [0, 0.1) is 10.1 Å². The first-order valence-corrected chi connectivity index (χ1v) is 9.14. The molecule has 0 unspecified atom stereocenters. The maximum Gasteiger partial charge on any atom is 0.286 e. The Morgan fingerprint density at radius 3 is 2.38 bits per heavy atom. The first kappa shape index (κ1) is 20.1. The maximum absolute atomic E-state index is 12.7. The fourth-order valence-electron chi connectivity index (χ4n) is 2.71. The van der Waals surface area contributed by atoms with E-state index < -0.39 is 16.5 Å². The molecule has 2 aromatic carbocycles. The van der Waals surface area contributed by atoms with Crippen molar-refractivity contribution in [1.29, 1.82) is 0 Å². The highest BCUT2D eigenvalue weighted by Crippen LogP contribution is 2.35. The Labute approximate surface area is 167 Å². The van der Waals surface area contributed by atoms with Gasteiger partial charge in [-0.25, -0.2) is 0 Å². The van der Waals surface area contributed by atoms with E-state index in [9.17, 15) is 19.7 Å². The average Bonchev–Trinajstić information content (AvgIpc) is 3.52. The van der Waals surface area contributed by atoms with Crippen LogP contribution < -0.4 is 20.1 Å². The van der Waals surface area contributed by atoms with Crippen molar-refractivity contribution in [2.45, 2.75) is 25.8 Å². The standard InChI is InChI=1S/C20H21N3O6/c1-3-29-18-11-16(23(26)27)15(10-17(18)28-2)20(25)22-13-6-4-12(5-7-13)19(24)21-14-8-9-14/h4-7,10-11,14H,3,8-9H2,1-2H3,(H,21,24)(H,22,25). The summed E-state index contributed by atoms with van der Waals surface area (Å²) >= 11 is 0. The van der Waals surface area contributed by atoms with Crippen molar-refractivity contribution < 1.29 is 24.0 Å². The zero-order valence-electron chi connectivity index (χ0n) is 16.1. The molecular formula is C20H21N3O6. The minimum atomic E-state index is -0.673. The molecule has 1 aliphatic carbocycles. The minimum Gasteiger partial charge on any atom is -0.493 e. The summed E-state index contributed by atoms with van der Waals surface area (Å²) in [6.45, 7) is 2.03. The largest absolute Gasteiger partial charge is 0.493 e. The van der Waals surface area contributed by atoms with E-state index in [2.05, 4.69) is 10.6 Å². The van der Waals surface area contributed by atoms with E-state index in [1.807, 2.05) is 0 Å². The normalized spacial score (nSPS) is 12.8. The number of amides is 2. The van der Waals surface area contributed by atoms with Crippen LogP contribution in [0.1, 0.15) is 40.5 Å². The fourth-order valence-corrected chi connectivity index (χ4v) is 2.71. The van der Waals surface area contributed by atoms with E-state index in [0.29, 0.717) is 17.9 Å². The van der Waals surface area contributed by atoms with Crippen LogP contribution in [0.3, 0.4) is 0 Å². The molecule has 0 aromatic heterocycles. The van der Waals surface area contributed by atoms with Crippen LogP contribution in [-0.2, 0) is 0 Å². The Hall–Kier alpha value is -3.62. The second-order valence-electron chi connectivity index (χ2n) is 6.49. The van der Waals surface area contributed by atoms with Crippen molar-refractivity contribution in [3.63, 3.8) is 0 Å². The van der Waals surface area contributed by atoms with Crippen LogP contribution in [0.4, 0.5) is 11.4 Å². The van der Waals surface area contributed by atoms with Crippen LogP contribution in [-0.4, -0.2) is 36.5 Å². The number of nitro benzene ring substituents is 1. The van der Waals surface area contributed by atoms with E-state index in [4.69, 9.17) is 9.47 Å². The van der Waals surface area contributed by atoms with E-state index in [0.717, 1.165) is 12.8 Å². The number of hydrogen-bond donors (Lipinski definition) is 2. The van der Waals surface area contributed by atoms with E-state index in [-0.39, 0.29) is 29.0 Å². The molecule has 2 N–H and O–H groups in total. The lowest BCUT2D eigenvalue weighted by Gasteiger charge is -2.12. The second-order valence-corrected chi connectivity index (χ2v) is 6.49. The Morgan fingerprint density at radius 2 is 1.83 bits per heavy atom. The Morgan fingerprint density at radius 1 is 1.14 bits per heavy atom. The molecule has 9 heteroatoms. The smallest absolute Gasteiger partial charge is 0.286 e. The number of ether oxygens (including phenoxy) is 2. The molecule has 2 amide bonds. The number of hydrogen-bond acceptors (Lipinski definition) is 6. The number of rotatable bonds is 8. The number of anilines is 1. The van der Waals surface area contributed by atoms with Gasteiger partial charge in [0.2, 0.25) is 0 Å². The van der Waals surface area contributed by atoms with Crippen LogP contribution in [0.25, 0.3) is 0 Å². The maximum atomic E-state index is 12.7. The summed E-state index contributed by atoms with van der Waals surface area (Å²) in [7, 11) is 1.39. The van der Waals surface area contributed by atoms with Gasteiger partial charge in [-0.15, -0.1) is 0 Å². The van der Waals surface area contributed by atoms with Crippen molar-refractivity contribution in [3.8, 4) is 11.5 Å². The summed E-state index contributed by atoms with van der Waals surface area (Å²) < 4.78 is 10.5. The lowest BCUT2D eigenvalue weighted by Crippen LogP contribution is -2.25. The number of carbonyl (C=O) groups excluding carboxylic acids is 2. The Kier molecular flexibility index (Phi) is 5.96. The number of carbonyl (C=O) groups is 2. The number of nitro groups is 1. The topological polar surface area (TPSA) is 120 Å². The Bertz CT molecular complexity index is 938. The molecule has 3 rings (SSSR count). The molecule has 29 heavy (non-hydrogen) atoms. The molecule has 0 radical (unpaired) electrons. The zero-order chi connectivity index (χ0) is 21.0. The van der Waals surface area contributed by atoms with Crippen molar-refractivity contribution in [2.24, 2.45) is 0 Å². The van der Waals surface area contributed by atoms with E-state index in [1.165, 1.54) is 19.2 Å². The van der Waals surface area contributed by atoms with Crippen LogP contribution in [0.5, 0.6) is 11.5 Å². The molecule has 1 fully saturated rings. The fraction of sp³-hybridized carbons (Fsp3) is 0.300. The first-order valence-electron chi connectivity index (χ1n) is 9.14. The van der Waals surface area contributed by atoms with E-state index >= 15 is 0 Å². The molecule has 0 bridgehead atoms. The summed E-state index contributed by atoms with van der Waals surface area (Å²) in [6.07, 6.45) is 1.98. The van der Waals surface area contributed by atoms with Crippen molar-refractivity contribution in [3.05, 3.63) is 57.6 Å². The van der Waals surface area contributed by atoms with Gasteiger partial charge in [-0.05, 0) is 44.0 Å². The molecule has 0 aliphatic heterocycles. The number of benzene rings is 2. The molecule has 152 valence electrons. The summed E-state index contributed by atoms with van der Waals surface area (Å²) in [6, 6.07) is 8.99. The zero-order valence-corrected chi connectivity index (χ0v) is 16.1. The lowest BCUT2D eigenvalue weighted by molar-refractivity contribution is -0.385. The molecule has 2 aromatic rings. The number of methoxy groups -OCH3 is 1. The monoisotopic (exact) mass is 399 g/mol. The molecular weight excluding hydrogens is 378 g/mol. The highest BCUT2D eigenvalue weighted by Gasteiger charge is 2.25. The molecule has 0 heterocycles. The quantitative estimate of drug-likeness (QED) is 0.520. The summed E-state index contributed by atoms with van der Waals surface area (Å²) in [5.74, 6) is -0.440. The van der Waals surface area contributed by atoms with Gasteiger partial charge >= 0.3 is 0 Å². The molecule has 1 saturated carbocycles. The minimum absolute atomic E-state index is 0.161. The van der Waals surface area contributed by atoms with Gasteiger partial charge in [0.25, 0.3) is 17.5 Å². The summed E-state index contributed by atoms with van der Waals surface area (Å²) in [4.78, 5) is 35.5. The van der Waals surface area contributed by atoms with Gasteiger partial charge in [0.15, 0.2) is 11.5 Å². The second kappa shape index (κ2) is 8.59. The predicted molar refractivity (Wildman–Crippen MR) is 106 cm³/mol. The predicted octanol–water partition coefficient (Wildman–Crippen LogP) is 3.15. The number of nitrogens with one attached hydrogen (secondary N) is 2. The third kappa shape index (κ3) is 4.81. The van der Waals surface area contributed by atoms with Crippen LogP contribution in [0.15, 0.2) is 36.4 Å². The molecule has 1 aliphatic rings. The van der Waals surface area contributed by atoms with Gasteiger partial charge in [0.1, 0.15) is 5.56 Å².